The SMILES string of the molecule is CCOC1CC(NS(=O)(=O)c2ccc(N)c([N+](=O)[O-])c2)C1. The van der Waals surface area contributed by atoms with Crippen molar-refractivity contribution in [3.63, 3.8) is 0 Å². The molecule has 116 valence electrons. The molecule has 1 aliphatic carbocycles. The summed E-state index contributed by atoms with van der Waals surface area (Å²) in [7, 11) is -3.80. The molecule has 1 aromatic carbocycles. The third-order valence-corrected chi connectivity index (χ3v) is 4.85. The van der Waals surface area contributed by atoms with E-state index in [0.717, 1.165) is 6.07 Å². The van der Waals surface area contributed by atoms with E-state index in [1.165, 1.54) is 12.1 Å². The van der Waals surface area contributed by atoms with Crippen LogP contribution in [0.2, 0.25) is 0 Å². The molecule has 0 amide bonds. The van der Waals surface area contributed by atoms with Crippen molar-refractivity contribution >= 4 is 21.4 Å². The summed E-state index contributed by atoms with van der Waals surface area (Å²) in [6.07, 6.45) is 1.28. The predicted octanol–water partition coefficient (Wildman–Crippen LogP) is 1.02. The van der Waals surface area contributed by atoms with Gasteiger partial charge in [0.1, 0.15) is 5.69 Å². The van der Waals surface area contributed by atoms with E-state index >= 15 is 0 Å². The number of sulfonamides is 1. The van der Waals surface area contributed by atoms with Gasteiger partial charge in [-0.1, -0.05) is 0 Å². The fourth-order valence-corrected chi connectivity index (χ4v) is 3.45. The first-order valence-corrected chi connectivity index (χ1v) is 7.99. The molecule has 0 aromatic heterocycles. The number of rotatable bonds is 6. The van der Waals surface area contributed by atoms with Crippen LogP contribution in [0.5, 0.6) is 0 Å². The molecule has 0 bridgehead atoms. The van der Waals surface area contributed by atoms with E-state index in [0.29, 0.717) is 19.4 Å². The van der Waals surface area contributed by atoms with Crippen molar-refractivity contribution in [2.24, 2.45) is 0 Å². The van der Waals surface area contributed by atoms with Crippen LogP contribution in [0.15, 0.2) is 23.1 Å². The second kappa shape index (κ2) is 5.96. The largest absolute Gasteiger partial charge is 0.393 e. The van der Waals surface area contributed by atoms with Crippen LogP contribution in [0.3, 0.4) is 0 Å². The van der Waals surface area contributed by atoms with Crippen molar-refractivity contribution in [1.29, 1.82) is 0 Å². The Balaban J connectivity index is 2.10. The van der Waals surface area contributed by atoms with E-state index in [1.807, 2.05) is 6.92 Å². The molecule has 9 heteroatoms. The van der Waals surface area contributed by atoms with Gasteiger partial charge in [0.15, 0.2) is 0 Å². The van der Waals surface area contributed by atoms with Crippen LogP contribution >= 0.6 is 0 Å². The highest BCUT2D eigenvalue weighted by Gasteiger charge is 2.33. The van der Waals surface area contributed by atoms with Gasteiger partial charge in [-0.05, 0) is 31.9 Å². The Hall–Kier alpha value is -1.71. The monoisotopic (exact) mass is 315 g/mol. The van der Waals surface area contributed by atoms with Gasteiger partial charge in [-0.15, -0.1) is 0 Å². The topological polar surface area (TPSA) is 125 Å². The zero-order chi connectivity index (χ0) is 15.6. The summed E-state index contributed by atoms with van der Waals surface area (Å²) in [6, 6.07) is 3.24. The van der Waals surface area contributed by atoms with E-state index in [2.05, 4.69) is 4.72 Å². The molecular formula is C12H17N3O5S. The maximum absolute atomic E-state index is 12.2. The zero-order valence-electron chi connectivity index (χ0n) is 11.5. The lowest BCUT2D eigenvalue weighted by atomic mass is 9.90. The molecule has 1 aromatic rings. The number of anilines is 1. The minimum Gasteiger partial charge on any atom is -0.393 e. The van der Waals surface area contributed by atoms with Crippen LogP contribution in [0.1, 0.15) is 19.8 Å². The quantitative estimate of drug-likeness (QED) is 0.459. The van der Waals surface area contributed by atoms with Gasteiger partial charge in [-0.2, -0.15) is 0 Å². The first-order valence-electron chi connectivity index (χ1n) is 6.51. The van der Waals surface area contributed by atoms with Crippen LogP contribution in [0, 0.1) is 10.1 Å². The third kappa shape index (κ3) is 3.49. The van der Waals surface area contributed by atoms with Crippen molar-refractivity contribution in [1.82, 2.24) is 4.72 Å². The molecule has 0 atom stereocenters. The summed E-state index contributed by atoms with van der Waals surface area (Å²) in [5.41, 5.74) is 4.96. The molecule has 0 saturated heterocycles. The summed E-state index contributed by atoms with van der Waals surface area (Å²) >= 11 is 0. The molecule has 21 heavy (non-hydrogen) atoms. The lowest BCUT2D eigenvalue weighted by Crippen LogP contribution is -2.47. The number of ether oxygens (including phenoxy) is 1. The summed E-state index contributed by atoms with van der Waals surface area (Å²) in [4.78, 5) is 9.93. The summed E-state index contributed by atoms with van der Waals surface area (Å²) < 4.78 is 32.2. The van der Waals surface area contributed by atoms with Crippen LogP contribution < -0.4 is 10.5 Å². The number of nitro benzene ring substituents is 1. The van der Waals surface area contributed by atoms with Crippen LogP contribution in [0.25, 0.3) is 0 Å². The van der Waals surface area contributed by atoms with E-state index in [1.54, 1.807) is 0 Å². The fourth-order valence-electron chi connectivity index (χ4n) is 2.17. The molecule has 3 N–H and O–H groups in total. The second-order valence-electron chi connectivity index (χ2n) is 4.84. The molecule has 1 saturated carbocycles. The van der Waals surface area contributed by atoms with Crippen molar-refractivity contribution < 1.29 is 18.1 Å². The number of hydrogen-bond acceptors (Lipinski definition) is 6. The number of nitrogens with zero attached hydrogens (tertiary/aromatic N) is 1. The van der Waals surface area contributed by atoms with E-state index in [9.17, 15) is 18.5 Å². The number of nitrogens with one attached hydrogen (secondary N) is 1. The molecule has 0 unspecified atom stereocenters. The summed E-state index contributed by atoms with van der Waals surface area (Å²) in [5.74, 6) is 0. The van der Waals surface area contributed by atoms with Gasteiger partial charge < -0.3 is 10.5 Å². The average molecular weight is 315 g/mol. The van der Waals surface area contributed by atoms with Crippen molar-refractivity contribution in [3.8, 4) is 0 Å². The van der Waals surface area contributed by atoms with E-state index in [-0.39, 0.29) is 22.7 Å². The summed E-state index contributed by atoms with van der Waals surface area (Å²) in [5, 5.41) is 10.8. The molecule has 0 aliphatic heterocycles. The number of hydrogen-bond donors (Lipinski definition) is 2. The van der Waals surface area contributed by atoms with Gasteiger partial charge in [0.2, 0.25) is 10.0 Å². The molecule has 1 fully saturated rings. The number of benzene rings is 1. The highest BCUT2D eigenvalue weighted by atomic mass is 32.2. The summed E-state index contributed by atoms with van der Waals surface area (Å²) in [6.45, 7) is 2.47. The van der Waals surface area contributed by atoms with Gasteiger partial charge in [-0.3, -0.25) is 10.1 Å². The highest BCUT2D eigenvalue weighted by molar-refractivity contribution is 7.89. The first-order chi connectivity index (χ1) is 9.83. The molecule has 0 spiro atoms. The lowest BCUT2D eigenvalue weighted by Gasteiger charge is -2.35. The minimum absolute atomic E-state index is 0.0704. The van der Waals surface area contributed by atoms with Gasteiger partial charge in [0, 0.05) is 18.7 Å². The lowest BCUT2D eigenvalue weighted by molar-refractivity contribution is -0.384. The molecular weight excluding hydrogens is 298 g/mol. The van der Waals surface area contributed by atoms with Gasteiger partial charge >= 0.3 is 0 Å². The normalized spacial score (nSPS) is 21.8. The van der Waals surface area contributed by atoms with Crippen molar-refractivity contribution in [2.75, 3.05) is 12.3 Å². The maximum Gasteiger partial charge on any atom is 0.293 e. The second-order valence-corrected chi connectivity index (χ2v) is 6.56. The van der Waals surface area contributed by atoms with E-state index < -0.39 is 20.6 Å². The smallest absolute Gasteiger partial charge is 0.293 e. The Kier molecular flexibility index (Phi) is 4.45. The molecule has 2 rings (SSSR count). The van der Waals surface area contributed by atoms with Crippen LogP contribution in [-0.2, 0) is 14.8 Å². The van der Waals surface area contributed by atoms with E-state index in [4.69, 9.17) is 10.5 Å². The Morgan fingerprint density at radius 1 is 1.48 bits per heavy atom. The standard InChI is InChI=1S/C12H17N3O5S/c1-2-20-9-5-8(6-9)14-21(18,19)10-3-4-11(13)12(7-10)15(16)17/h3-4,7-9,14H,2,5-6,13H2,1H3. The molecule has 1 aliphatic rings. The maximum atomic E-state index is 12.2. The van der Waals surface area contributed by atoms with Crippen molar-refractivity contribution in [2.45, 2.75) is 36.8 Å². The van der Waals surface area contributed by atoms with Gasteiger partial charge in [0.05, 0.1) is 15.9 Å². The minimum atomic E-state index is -3.80. The molecule has 8 nitrogen and oxygen atoms in total. The number of nitrogens with two attached hydrogens (primary N) is 1. The first kappa shape index (κ1) is 15.7. The zero-order valence-corrected chi connectivity index (χ0v) is 12.3. The fraction of sp³-hybridized carbons (Fsp3) is 0.500. The van der Waals surface area contributed by atoms with Crippen LogP contribution in [-0.4, -0.2) is 32.1 Å². The van der Waals surface area contributed by atoms with Crippen molar-refractivity contribution in [3.05, 3.63) is 28.3 Å². The third-order valence-electron chi connectivity index (χ3n) is 3.33. The molecule has 0 radical (unpaired) electrons. The Morgan fingerprint density at radius 2 is 2.14 bits per heavy atom. The Labute approximate surface area is 122 Å². The number of nitro groups is 1. The van der Waals surface area contributed by atoms with Gasteiger partial charge in [-0.25, -0.2) is 13.1 Å². The molecule has 0 heterocycles. The average Bonchev–Trinajstić information content (AvgIpc) is 2.36. The highest BCUT2D eigenvalue weighted by Crippen LogP contribution is 2.28. The predicted molar refractivity (Wildman–Crippen MR) is 76.3 cm³/mol. The Bertz CT molecular complexity index is 640. The Morgan fingerprint density at radius 3 is 2.71 bits per heavy atom. The van der Waals surface area contributed by atoms with Gasteiger partial charge in [0.25, 0.3) is 5.69 Å². The number of nitrogen functional groups attached to an aromatic ring is 1. The van der Waals surface area contributed by atoms with Crippen LogP contribution in [0.4, 0.5) is 11.4 Å².